The van der Waals surface area contributed by atoms with Crippen molar-refractivity contribution in [1.29, 1.82) is 0 Å². The lowest BCUT2D eigenvalue weighted by Crippen LogP contribution is -2.36. The third-order valence-corrected chi connectivity index (χ3v) is 5.68. The number of nitrogens with one attached hydrogen (secondary N) is 1. The molecule has 0 spiro atoms. The van der Waals surface area contributed by atoms with Crippen molar-refractivity contribution in [3.8, 4) is 0 Å². The summed E-state index contributed by atoms with van der Waals surface area (Å²) in [4.78, 5) is 14.6. The third kappa shape index (κ3) is 4.38. The number of piperidine rings is 1. The van der Waals surface area contributed by atoms with E-state index in [4.69, 9.17) is 0 Å². The van der Waals surface area contributed by atoms with E-state index in [9.17, 15) is 13.6 Å². The molecule has 2 aliphatic rings. The molecular formula is C20H25F2N5O. The molecule has 1 atom stereocenters. The standard InChI is InChI=1S/C20H25F2N5O/c21-17-8-7-14(10-18(17)22)11-26-9-3-6-16(12-26)27-13-19(24-25-27)20(28)23-15-4-1-2-5-15/h7-8,10,13,15-16H,1-6,9,11-12H2,(H,23,28). The molecule has 1 aromatic heterocycles. The monoisotopic (exact) mass is 389 g/mol. The maximum Gasteiger partial charge on any atom is 0.273 e. The van der Waals surface area contributed by atoms with Crippen molar-refractivity contribution in [3.63, 3.8) is 0 Å². The fourth-order valence-corrected chi connectivity index (χ4v) is 4.18. The quantitative estimate of drug-likeness (QED) is 0.854. The lowest BCUT2D eigenvalue weighted by Gasteiger charge is -2.32. The molecule has 1 saturated carbocycles. The first-order valence-corrected chi connectivity index (χ1v) is 9.97. The third-order valence-electron chi connectivity index (χ3n) is 5.68. The molecule has 2 aromatic rings. The van der Waals surface area contributed by atoms with Crippen LogP contribution in [0.3, 0.4) is 0 Å². The minimum absolute atomic E-state index is 0.111. The molecule has 8 heteroatoms. The van der Waals surface area contributed by atoms with E-state index < -0.39 is 11.6 Å². The number of benzene rings is 1. The number of aromatic nitrogens is 3. The summed E-state index contributed by atoms with van der Waals surface area (Å²) < 4.78 is 28.3. The second-order valence-electron chi connectivity index (χ2n) is 7.82. The van der Waals surface area contributed by atoms with Crippen LogP contribution in [-0.2, 0) is 6.54 Å². The lowest BCUT2D eigenvalue weighted by molar-refractivity contribution is 0.0932. The summed E-state index contributed by atoms with van der Waals surface area (Å²) in [7, 11) is 0. The zero-order valence-corrected chi connectivity index (χ0v) is 15.8. The fourth-order valence-electron chi connectivity index (χ4n) is 4.18. The molecule has 2 heterocycles. The average Bonchev–Trinajstić information content (AvgIpc) is 3.37. The summed E-state index contributed by atoms with van der Waals surface area (Å²) in [5, 5.41) is 11.3. The van der Waals surface area contributed by atoms with Gasteiger partial charge in [-0.2, -0.15) is 0 Å². The molecule has 0 radical (unpaired) electrons. The minimum Gasteiger partial charge on any atom is -0.348 e. The molecule has 1 aromatic carbocycles. The van der Waals surface area contributed by atoms with Gasteiger partial charge in [0.05, 0.1) is 12.2 Å². The van der Waals surface area contributed by atoms with Gasteiger partial charge in [0.1, 0.15) is 0 Å². The van der Waals surface area contributed by atoms with E-state index in [0.29, 0.717) is 12.2 Å². The number of likely N-dealkylation sites (tertiary alicyclic amines) is 1. The Labute approximate surface area is 162 Å². The Morgan fingerprint density at radius 2 is 1.96 bits per heavy atom. The molecule has 1 unspecified atom stereocenters. The van der Waals surface area contributed by atoms with Gasteiger partial charge in [-0.25, -0.2) is 13.5 Å². The van der Waals surface area contributed by atoms with E-state index in [1.807, 2.05) is 0 Å². The van der Waals surface area contributed by atoms with E-state index in [1.54, 1.807) is 16.9 Å². The van der Waals surface area contributed by atoms with Crippen molar-refractivity contribution in [2.45, 2.75) is 57.2 Å². The molecule has 6 nitrogen and oxygen atoms in total. The van der Waals surface area contributed by atoms with Crippen LogP contribution in [0.4, 0.5) is 8.78 Å². The van der Waals surface area contributed by atoms with Gasteiger partial charge in [-0.05, 0) is 49.9 Å². The first-order chi connectivity index (χ1) is 13.6. The van der Waals surface area contributed by atoms with Gasteiger partial charge in [0, 0.05) is 19.1 Å². The van der Waals surface area contributed by atoms with Crippen molar-refractivity contribution < 1.29 is 13.6 Å². The van der Waals surface area contributed by atoms with E-state index in [0.717, 1.165) is 57.2 Å². The Morgan fingerprint density at radius 1 is 1.14 bits per heavy atom. The molecule has 28 heavy (non-hydrogen) atoms. The Balaban J connectivity index is 1.37. The highest BCUT2D eigenvalue weighted by Gasteiger charge is 2.25. The second kappa shape index (κ2) is 8.34. The van der Waals surface area contributed by atoms with Crippen LogP contribution in [0, 0.1) is 11.6 Å². The van der Waals surface area contributed by atoms with Gasteiger partial charge in [-0.15, -0.1) is 5.10 Å². The van der Waals surface area contributed by atoms with Gasteiger partial charge in [-0.3, -0.25) is 9.69 Å². The van der Waals surface area contributed by atoms with E-state index in [1.165, 1.54) is 12.1 Å². The Kier molecular flexibility index (Phi) is 5.66. The molecule has 0 bridgehead atoms. The van der Waals surface area contributed by atoms with Crippen molar-refractivity contribution in [2.24, 2.45) is 0 Å². The number of halogens is 2. The van der Waals surface area contributed by atoms with Crippen LogP contribution in [-0.4, -0.2) is 44.9 Å². The number of carbonyl (C=O) groups is 1. The molecule has 4 rings (SSSR count). The maximum atomic E-state index is 13.4. The predicted molar refractivity (Wildman–Crippen MR) is 99.7 cm³/mol. The smallest absolute Gasteiger partial charge is 0.273 e. The number of carbonyl (C=O) groups excluding carboxylic acids is 1. The number of nitrogens with zero attached hydrogens (tertiary/aromatic N) is 4. The largest absolute Gasteiger partial charge is 0.348 e. The van der Waals surface area contributed by atoms with Gasteiger partial charge in [0.25, 0.3) is 5.91 Å². The summed E-state index contributed by atoms with van der Waals surface area (Å²) in [6.45, 7) is 2.17. The van der Waals surface area contributed by atoms with Crippen LogP contribution >= 0.6 is 0 Å². The molecule has 1 saturated heterocycles. The molecule has 1 aliphatic carbocycles. The SMILES string of the molecule is O=C(NC1CCCC1)c1cn(C2CCCN(Cc3ccc(F)c(F)c3)C2)nn1. The first-order valence-electron chi connectivity index (χ1n) is 9.97. The van der Waals surface area contributed by atoms with Crippen LogP contribution < -0.4 is 5.32 Å². The topological polar surface area (TPSA) is 63.1 Å². The van der Waals surface area contributed by atoms with Crippen LogP contribution in [0.15, 0.2) is 24.4 Å². The van der Waals surface area contributed by atoms with Crippen LogP contribution in [0.2, 0.25) is 0 Å². The van der Waals surface area contributed by atoms with Crippen molar-refractivity contribution in [2.75, 3.05) is 13.1 Å². The van der Waals surface area contributed by atoms with Crippen LogP contribution in [0.1, 0.15) is 60.6 Å². The lowest BCUT2D eigenvalue weighted by atomic mass is 10.0. The van der Waals surface area contributed by atoms with Gasteiger partial charge < -0.3 is 5.32 Å². The van der Waals surface area contributed by atoms with Crippen molar-refractivity contribution in [1.82, 2.24) is 25.2 Å². The van der Waals surface area contributed by atoms with E-state index >= 15 is 0 Å². The van der Waals surface area contributed by atoms with Crippen molar-refractivity contribution in [3.05, 3.63) is 47.3 Å². The van der Waals surface area contributed by atoms with Gasteiger partial charge in [0.15, 0.2) is 17.3 Å². The summed E-state index contributed by atoms with van der Waals surface area (Å²) in [6, 6.07) is 4.39. The Bertz CT molecular complexity index is 834. The molecule has 150 valence electrons. The molecular weight excluding hydrogens is 364 g/mol. The summed E-state index contributed by atoms with van der Waals surface area (Å²) in [5.41, 5.74) is 1.10. The zero-order valence-electron chi connectivity index (χ0n) is 15.8. The number of amides is 1. The summed E-state index contributed by atoms with van der Waals surface area (Å²) >= 11 is 0. The van der Waals surface area contributed by atoms with Crippen LogP contribution in [0.25, 0.3) is 0 Å². The maximum absolute atomic E-state index is 13.4. The average molecular weight is 389 g/mol. The fraction of sp³-hybridized carbons (Fsp3) is 0.550. The van der Waals surface area contributed by atoms with Gasteiger partial charge in [-0.1, -0.05) is 24.1 Å². The second-order valence-corrected chi connectivity index (χ2v) is 7.82. The highest BCUT2D eigenvalue weighted by Crippen LogP contribution is 2.23. The predicted octanol–water partition coefficient (Wildman–Crippen LogP) is 3.07. The molecule has 1 N–H and O–H groups in total. The Hall–Kier alpha value is -2.35. The molecule has 1 amide bonds. The van der Waals surface area contributed by atoms with Gasteiger partial charge >= 0.3 is 0 Å². The summed E-state index contributed by atoms with van der Waals surface area (Å²) in [6.07, 6.45) is 8.01. The Morgan fingerprint density at radius 3 is 2.75 bits per heavy atom. The molecule has 1 aliphatic heterocycles. The highest BCUT2D eigenvalue weighted by molar-refractivity contribution is 5.92. The van der Waals surface area contributed by atoms with E-state index in [-0.39, 0.29) is 18.0 Å². The highest BCUT2D eigenvalue weighted by atomic mass is 19.2. The number of hydrogen-bond donors (Lipinski definition) is 1. The number of hydrogen-bond acceptors (Lipinski definition) is 4. The van der Waals surface area contributed by atoms with Gasteiger partial charge in [0.2, 0.25) is 0 Å². The normalized spacial score (nSPS) is 21.1. The number of rotatable bonds is 5. The van der Waals surface area contributed by atoms with Crippen molar-refractivity contribution >= 4 is 5.91 Å². The van der Waals surface area contributed by atoms with E-state index in [2.05, 4.69) is 20.5 Å². The molecule has 2 fully saturated rings. The van der Waals surface area contributed by atoms with Crippen LogP contribution in [0.5, 0.6) is 0 Å². The minimum atomic E-state index is -0.828. The summed E-state index contributed by atoms with van der Waals surface area (Å²) in [5.74, 6) is -1.81. The zero-order chi connectivity index (χ0) is 19.5. The first kappa shape index (κ1) is 19.0.